The van der Waals surface area contributed by atoms with Crippen molar-refractivity contribution in [2.75, 3.05) is 30.5 Å². The predicted octanol–water partition coefficient (Wildman–Crippen LogP) is 6.46. The lowest BCUT2D eigenvalue weighted by Crippen LogP contribution is -2.22. The normalized spacial score (nSPS) is 12.9. The molecule has 0 radical (unpaired) electrons. The second-order valence-corrected chi connectivity index (χ2v) is 12.8. The number of amides is 1. The monoisotopic (exact) mass is 595 g/mol. The molecule has 3 N–H and O–H groups in total. The minimum absolute atomic E-state index is 0.00664. The van der Waals surface area contributed by atoms with Crippen LogP contribution in [-0.2, 0) is 20.2 Å². The lowest BCUT2D eigenvalue weighted by molar-refractivity contribution is 0.0607. The molecule has 0 saturated heterocycles. The van der Waals surface area contributed by atoms with Gasteiger partial charge in [-0.3, -0.25) is 0 Å². The van der Waals surface area contributed by atoms with Gasteiger partial charge in [-0.25, -0.2) is 27.8 Å². The van der Waals surface area contributed by atoms with Crippen LogP contribution in [0.2, 0.25) is 5.28 Å². The van der Waals surface area contributed by atoms with Crippen LogP contribution in [0.25, 0.3) is 11.3 Å². The van der Waals surface area contributed by atoms with E-state index in [9.17, 15) is 17.8 Å². The molecule has 0 spiro atoms. The number of nitrogens with zero attached hydrogens (tertiary/aromatic N) is 3. The second-order valence-electron chi connectivity index (χ2n) is 10.1. The Morgan fingerprint density at radius 3 is 2.62 bits per heavy atom. The molecule has 1 amide bonds. The summed E-state index contributed by atoms with van der Waals surface area (Å²) < 4.78 is 55.9. The molecule has 0 aliphatic rings. The largest absolute Gasteiger partial charge is 0.494 e. The minimum Gasteiger partial charge on any atom is -0.494 e. The Hall–Kier alpha value is -3.51. The Kier molecular flexibility index (Phi) is 10.3. The average molecular weight is 596 g/mol. The quantitative estimate of drug-likeness (QED) is 0.155. The third-order valence-electron chi connectivity index (χ3n) is 5.19. The van der Waals surface area contributed by atoms with E-state index in [0.29, 0.717) is 48.6 Å². The number of nitrogens with two attached hydrogens (primary N) is 1. The fraction of sp³-hybridized carbons (Fsp3) is 0.370. The minimum atomic E-state index is -2.91. The highest BCUT2D eigenvalue weighted by Crippen LogP contribution is 2.26. The van der Waals surface area contributed by atoms with Gasteiger partial charge in [0.15, 0.2) is 5.82 Å². The van der Waals surface area contributed by atoms with E-state index in [1.54, 1.807) is 39.0 Å². The molecule has 216 valence electrons. The summed E-state index contributed by atoms with van der Waals surface area (Å²) in [5, 5.41) is 2.89. The highest BCUT2D eigenvalue weighted by molar-refractivity contribution is 7.92. The summed E-state index contributed by atoms with van der Waals surface area (Å²) in [5.41, 5.74) is 6.81. The first-order valence-corrected chi connectivity index (χ1v) is 14.8. The molecule has 13 heteroatoms. The Bertz CT molecular complexity index is 1490. The molecule has 0 saturated carbocycles. The van der Waals surface area contributed by atoms with Gasteiger partial charge in [0.25, 0.3) is 0 Å². The molecule has 3 rings (SSSR count). The van der Waals surface area contributed by atoms with E-state index >= 15 is 0 Å². The van der Waals surface area contributed by atoms with Crippen molar-refractivity contribution in [3.05, 3.63) is 65.1 Å². The summed E-state index contributed by atoms with van der Waals surface area (Å²) in [7, 11) is -2.91. The van der Waals surface area contributed by atoms with Crippen LogP contribution in [0.3, 0.4) is 0 Å². The molecular weight excluding hydrogens is 564 g/mol. The number of nitrogen functional groups attached to an aromatic ring is 1. The number of hydrogen-bond acceptors (Lipinski definition) is 8. The zero-order chi connectivity index (χ0) is 29.5. The van der Waals surface area contributed by atoms with Crippen molar-refractivity contribution in [1.82, 2.24) is 9.97 Å². The van der Waals surface area contributed by atoms with Gasteiger partial charge in [0, 0.05) is 30.1 Å². The lowest BCUT2D eigenvalue weighted by atomic mass is 10.1. The smallest absolute Gasteiger partial charge is 0.442 e. The Morgan fingerprint density at radius 2 is 1.90 bits per heavy atom. The average Bonchev–Trinajstić information content (AvgIpc) is 2.81. The first-order valence-electron chi connectivity index (χ1n) is 12.4. The van der Waals surface area contributed by atoms with E-state index in [2.05, 4.69) is 19.6 Å². The maximum Gasteiger partial charge on any atom is 0.442 e. The van der Waals surface area contributed by atoms with Crippen molar-refractivity contribution < 1.29 is 27.3 Å². The van der Waals surface area contributed by atoms with E-state index in [-0.39, 0.29) is 22.4 Å². The van der Waals surface area contributed by atoms with Gasteiger partial charge in [0.2, 0.25) is 5.28 Å². The molecule has 0 aliphatic carbocycles. The van der Waals surface area contributed by atoms with Crippen molar-refractivity contribution in [2.24, 2.45) is 4.36 Å². The number of nitrogens with one attached hydrogen (secondary N) is 1. The van der Waals surface area contributed by atoms with Gasteiger partial charge in [-0.2, -0.15) is 0 Å². The van der Waals surface area contributed by atoms with Gasteiger partial charge in [0.1, 0.15) is 22.9 Å². The molecule has 9 nitrogen and oxygen atoms in total. The molecular formula is C27H32ClF2N5O4S. The fourth-order valence-corrected chi connectivity index (χ4v) is 4.96. The molecule has 0 aliphatic heterocycles. The topological polar surface area (TPSA) is 129 Å². The molecule has 2 aromatic carbocycles. The summed E-state index contributed by atoms with van der Waals surface area (Å²) in [6.45, 7) is 5.88. The summed E-state index contributed by atoms with van der Waals surface area (Å²) >= 11 is 5.77. The van der Waals surface area contributed by atoms with Crippen molar-refractivity contribution in [3.63, 3.8) is 0 Å². The van der Waals surface area contributed by atoms with E-state index in [1.807, 2.05) is 0 Å². The number of aromatic nitrogens is 2. The van der Waals surface area contributed by atoms with Gasteiger partial charge >= 0.3 is 6.09 Å². The highest BCUT2D eigenvalue weighted by Gasteiger charge is 2.18. The summed E-state index contributed by atoms with van der Waals surface area (Å²) in [6, 6.07) is 9.09. The van der Waals surface area contributed by atoms with Gasteiger partial charge in [0.05, 0.1) is 34.0 Å². The third kappa shape index (κ3) is 9.91. The number of carbonyl (C=O) groups excluding carboxylic acids is 1. The van der Waals surface area contributed by atoms with Gasteiger partial charge in [-0.15, -0.1) is 4.36 Å². The molecule has 1 atom stereocenters. The number of carbonyl (C=O) groups is 1. The number of benzene rings is 2. The molecule has 0 bridgehead atoms. The third-order valence-corrected chi connectivity index (χ3v) is 6.78. The maximum atomic E-state index is 14.3. The van der Waals surface area contributed by atoms with E-state index in [4.69, 9.17) is 26.8 Å². The lowest BCUT2D eigenvalue weighted by Gasteiger charge is -2.17. The van der Waals surface area contributed by atoms with Crippen LogP contribution < -0.4 is 15.8 Å². The predicted molar refractivity (Wildman–Crippen MR) is 153 cm³/mol. The highest BCUT2D eigenvalue weighted by atomic mass is 35.5. The number of rotatable bonds is 10. The van der Waals surface area contributed by atoms with Gasteiger partial charge in [-0.05, 0) is 81.1 Å². The zero-order valence-electron chi connectivity index (χ0n) is 22.7. The number of halogens is 3. The maximum absolute atomic E-state index is 14.3. The van der Waals surface area contributed by atoms with E-state index in [0.717, 1.165) is 6.20 Å². The summed E-state index contributed by atoms with van der Waals surface area (Å²) in [4.78, 5) is 19.4. The number of unbranched alkanes of at least 4 members (excludes halogenated alkanes) is 1. The molecule has 1 aromatic heterocycles. The molecule has 0 fully saturated rings. The Labute approximate surface area is 237 Å². The molecule has 1 heterocycles. The van der Waals surface area contributed by atoms with E-state index in [1.165, 1.54) is 24.5 Å². The van der Waals surface area contributed by atoms with Crippen LogP contribution in [0.5, 0.6) is 5.75 Å². The van der Waals surface area contributed by atoms with Crippen LogP contribution in [-0.4, -0.2) is 45.3 Å². The van der Waals surface area contributed by atoms with Crippen molar-refractivity contribution in [2.45, 2.75) is 45.0 Å². The number of anilines is 2. The summed E-state index contributed by atoms with van der Waals surface area (Å²) in [6.07, 6.45) is 2.73. The number of hydrogen-bond donors (Lipinski definition) is 2. The van der Waals surface area contributed by atoms with Crippen molar-refractivity contribution >= 4 is 38.8 Å². The Morgan fingerprint density at radius 1 is 1.15 bits per heavy atom. The fourth-order valence-electron chi connectivity index (χ4n) is 3.63. The molecule has 40 heavy (non-hydrogen) atoms. The van der Waals surface area contributed by atoms with Crippen LogP contribution >= 0.6 is 11.6 Å². The zero-order valence-corrected chi connectivity index (χ0v) is 24.2. The van der Waals surface area contributed by atoms with Crippen LogP contribution in [0, 0.1) is 11.6 Å². The molecule has 3 aromatic rings. The second kappa shape index (κ2) is 13.2. The van der Waals surface area contributed by atoms with E-state index < -0.39 is 33.1 Å². The standard InChI is InChI=1S/C27H32ClF2N5O4S/c1-27(2,3)39-26(36)35-40(4,37)16-17-11-19(31)14-20(12-17)38-10-6-5-9-32-23-13-18(7-8-21(23)29)24-22(30)15-33-25(28)34-24/h7-8,11-15,32H,5-6,9-10,16,31H2,1-4H3. The van der Waals surface area contributed by atoms with Crippen LogP contribution in [0.1, 0.15) is 39.2 Å². The van der Waals surface area contributed by atoms with Crippen molar-refractivity contribution in [1.29, 1.82) is 0 Å². The van der Waals surface area contributed by atoms with Crippen LogP contribution in [0.15, 0.2) is 47.0 Å². The first-order chi connectivity index (χ1) is 18.7. The first kappa shape index (κ1) is 31.0. The van der Waals surface area contributed by atoms with Crippen molar-refractivity contribution in [3.8, 4) is 17.0 Å². The van der Waals surface area contributed by atoms with Crippen LogP contribution in [0.4, 0.5) is 25.0 Å². The van der Waals surface area contributed by atoms with Gasteiger partial charge < -0.3 is 20.5 Å². The Balaban J connectivity index is 1.52. The number of ether oxygens (including phenoxy) is 2. The SMILES string of the molecule is CC(C)(C)OC(=O)N=S(C)(=O)Cc1cc(N)cc(OCCCCNc2cc(-c3nc(Cl)ncc3F)ccc2F)c1. The molecule has 1 unspecified atom stereocenters. The van der Waals surface area contributed by atoms with Gasteiger partial charge in [-0.1, -0.05) is 0 Å². The summed E-state index contributed by atoms with van der Waals surface area (Å²) in [5.74, 6) is -0.672.